The van der Waals surface area contributed by atoms with Gasteiger partial charge in [0.15, 0.2) is 11.9 Å². The van der Waals surface area contributed by atoms with Gasteiger partial charge in [-0.25, -0.2) is 4.39 Å². The molecular formula is C27H25ClFNO3. The molecule has 0 amide bonds. The molecule has 4 nitrogen and oxygen atoms in total. The second-order valence-electron chi connectivity index (χ2n) is 10.2. The van der Waals surface area contributed by atoms with Crippen LogP contribution in [0.2, 0.25) is 5.02 Å². The summed E-state index contributed by atoms with van der Waals surface area (Å²) in [7, 11) is 0. The lowest BCUT2D eigenvalue weighted by molar-refractivity contribution is -0.195. The van der Waals surface area contributed by atoms with Gasteiger partial charge < -0.3 is 14.4 Å². The van der Waals surface area contributed by atoms with E-state index in [9.17, 15) is 14.3 Å². The number of nitrogens with zero attached hydrogens (tertiary/aromatic N) is 1. The molecular weight excluding hydrogens is 441 g/mol. The van der Waals surface area contributed by atoms with Crippen molar-refractivity contribution < 1.29 is 19.0 Å². The van der Waals surface area contributed by atoms with Crippen molar-refractivity contribution in [2.75, 3.05) is 0 Å². The zero-order valence-electron chi connectivity index (χ0n) is 18.4. The Kier molecular flexibility index (Phi) is 4.56. The Bertz CT molecular complexity index is 1260. The molecule has 4 aliphatic rings. The van der Waals surface area contributed by atoms with Gasteiger partial charge in [0.25, 0.3) is 0 Å². The van der Waals surface area contributed by atoms with Crippen LogP contribution < -0.4 is 4.74 Å². The summed E-state index contributed by atoms with van der Waals surface area (Å²) in [5, 5.41) is 11.0. The highest BCUT2D eigenvalue weighted by Gasteiger charge is 2.69. The molecule has 3 fully saturated rings. The van der Waals surface area contributed by atoms with E-state index in [0.717, 1.165) is 30.4 Å². The number of aliphatic hydroxyl groups excluding tert-OH is 1. The van der Waals surface area contributed by atoms with Gasteiger partial charge in [-0.1, -0.05) is 23.7 Å². The summed E-state index contributed by atoms with van der Waals surface area (Å²) in [6.45, 7) is 1.76. The first-order valence-electron chi connectivity index (χ1n) is 11.4. The number of fused-ring (bicyclic) bond motifs is 1. The number of aryl methyl sites for hydroxylation is 1. The van der Waals surface area contributed by atoms with Crippen LogP contribution in [0, 0.1) is 18.2 Å². The third-order valence-electron chi connectivity index (χ3n) is 7.80. The Morgan fingerprint density at radius 1 is 1.18 bits per heavy atom. The Morgan fingerprint density at radius 2 is 1.97 bits per heavy atom. The molecule has 2 bridgehead atoms. The molecule has 7 rings (SSSR count). The van der Waals surface area contributed by atoms with Gasteiger partial charge in [-0.2, -0.15) is 0 Å². The summed E-state index contributed by atoms with van der Waals surface area (Å²) in [5.74, 6) is 0.410. The van der Waals surface area contributed by atoms with Crippen LogP contribution in [-0.4, -0.2) is 21.6 Å². The van der Waals surface area contributed by atoms with Crippen LogP contribution in [0.3, 0.4) is 0 Å². The fraction of sp³-hybridized carbons (Fsp3) is 0.370. The first-order chi connectivity index (χ1) is 15.8. The summed E-state index contributed by atoms with van der Waals surface area (Å²) in [6, 6.07) is 12.5. The lowest BCUT2D eigenvalue weighted by atomic mass is 9.38. The number of benzene rings is 2. The topological polar surface area (TPSA) is 51.5 Å². The van der Waals surface area contributed by atoms with E-state index in [2.05, 4.69) is 17.0 Å². The summed E-state index contributed by atoms with van der Waals surface area (Å²) in [6.07, 6.45) is 6.43. The minimum absolute atomic E-state index is 0.0338. The molecule has 0 spiro atoms. The fourth-order valence-electron chi connectivity index (χ4n) is 6.13. The highest BCUT2D eigenvalue weighted by molar-refractivity contribution is 6.30. The smallest absolute Gasteiger partial charge is 0.173 e. The van der Waals surface area contributed by atoms with Gasteiger partial charge in [-0.3, -0.25) is 4.79 Å². The van der Waals surface area contributed by atoms with Crippen molar-refractivity contribution in [3.63, 3.8) is 0 Å². The Hall–Kier alpha value is -2.63. The van der Waals surface area contributed by atoms with E-state index in [1.165, 1.54) is 0 Å². The van der Waals surface area contributed by atoms with Gasteiger partial charge in [0.05, 0.1) is 6.10 Å². The van der Waals surface area contributed by atoms with Crippen LogP contribution in [0.25, 0.3) is 11.1 Å². The second-order valence-corrected chi connectivity index (χ2v) is 10.6. The number of rotatable bonds is 5. The van der Waals surface area contributed by atoms with Crippen LogP contribution in [0.15, 0.2) is 54.9 Å². The van der Waals surface area contributed by atoms with E-state index < -0.39 is 12.2 Å². The second kappa shape index (κ2) is 7.18. The van der Waals surface area contributed by atoms with Crippen LogP contribution in [0.4, 0.5) is 4.39 Å². The normalized spacial score (nSPS) is 29.5. The number of hydrogen-bond donors (Lipinski definition) is 1. The Labute approximate surface area is 196 Å². The highest BCUT2D eigenvalue weighted by atomic mass is 35.5. The summed E-state index contributed by atoms with van der Waals surface area (Å²) < 4.78 is 22.1. The average molecular weight is 466 g/mol. The minimum atomic E-state index is -0.745. The largest absolute Gasteiger partial charge is 0.482 e. The molecule has 6 heteroatoms. The number of ketones is 1. The van der Waals surface area contributed by atoms with Crippen molar-refractivity contribution in [3.05, 3.63) is 76.8 Å². The average Bonchev–Trinajstić information content (AvgIpc) is 3.21. The van der Waals surface area contributed by atoms with Crippen molar-refractivity contribution in [2.24, 2.45) is 5.41 Å². The maximum absolute atomic E-state index is 14.0. The molecule has 170 valence electrons. The van der Waals surface area contributed by atoms with Gasteiger partial charge in [-0.05, 0) is 78.6 Å². The van der Waals surface area contributed by atoms with Crippen LogP contribution in [-0.2, 0) is 10.3 Å². The number of halogens is 2. The standard InChI is InChI=1S/C27H25ClFNO3/c1-16-2-3-17(8-21(16)29)18-6-7-30(12-18)27-13-26(14-27,15-27)11-23(32)25-10-22(31)20-9-19(28)4-5-24(20)33-25/h2-9,12,22,25,31H,10-11,13-15H2,1H3/t22-,25-,26?,27?/m1/s1. The summed E-state index contributed by atoms with van der Waals surface area (Å²) >= 11 is 6.02. The Morgan fingerprint density at radius 3 is 2.73 bits per heavy atom. The predicted octanol–water partition coefficient (Wildman–Crippen LogP) is 5.98. The van der Waals surface area contributed by atoms with E-state index in [-0.39, 0.29) is 29.0 Å². The number of carbonyl (C=O) groups is 1. The number of aromatic nitrogens is 1. The zero-order chi connectivity index (χ0) is 23.0. The molecule has 2 atom stereocenters. The molecule has 3 aromatic rings. The van der Waals surface area contributed by atoms with E-state index in [4.69, 9.17) is 16.3 Å². The van der Waals surface area contributed by atoms with Gasteiger partial charge >= 0.3 is 0 Å². The third-order valence-corrected chi connectivity index (χ3v) is 8.04. The van der Waals surface area contributed by atoms with E-state index in [1.54, 1.807) is 37.3 Å². The molecule has 3 saturated carbocycles. The monoisotopic (exact) mass is 465 g/mol. The molecule has 0 unspecified atom stereocenters. The van der Waals surface area contributed by atoms with E-state index in [1.807, 2.05) is 12.1 Å². The van der Waals surface area contributed by atoms with Crippen LogP contribution >= 0.6 is 11.6 Å². The maximum atomic E-state index is 14.0. The first-order valence-corrected chi connectivity index (χ1v) is 11.8. The first kappa shape index (κ1) is 20.9. The Balaban J connectivity index is 1.11. The van der Waals surface area contributed by atoms with Gasteiger partial charge in [0.1, 0.15) is 11.6 Å². The molecule has 1 N–H and O–H groups in total. The minimum Gasteiger partial charge on any atom is -0.482 e. The molecule has 33 heavy (non-hydrogen) atoms. The number of hydrogen-bond acceptors (Lipinski definition) is 3. The van der Waals surface area contributed by atoms with Gasteiger partial charge in [0, 0.05) is 41.4 Å². The third kappa shape index (κ3) is 3.32. The van der Waals surface area contributed by atoms with E-state index >= 15 is 0 Å². The molecule has 2 aromatic carbocycles. The van der Waals surface area contributed by atoms with Gasteiger partial charge in [-0.15, -0.1) is 0 Å². The summed E-state index contributed by atoms with van der Waals surface area (Å²) in [5.41, 5.74) is 3.28. The zero-order valence-corrected chi connectivity index (χ0v) is 19.1. The molecule has 1 aromatic heterocycles. The predicted molar refractivity (Wildman–Crippen MR) is 124 cm³/mol. The molecule has 1 aliphatic heterocycles. The van der Waals surface area contributed by atoms with Crippen molar-refractivity contribution in [1.82, 2.24) is 4.57 Å². The lowest BCUT2D eigenvalue weighted by Crippen LogP contribution is -2.68. The summed E-state index contributed by atoms with van der Waals surface area (Å²) in [4.78, 5) is 13.0. The van der Waals surface area contributed by atoms with Crippen LogP contribution in [0.1, 0.15) is 49.3 Å². The molecule has 3 aliphatic carbocycles. The van der Waals surface area contributed by atoms with Crippen molar-refractivity contribution >= 4 is 17.4 Å². The SMILES string of the molecule is Cc1ccc(-c2ccn(C34CC(CC(=O)[C@H]5C[C@@H](O)c6cc(Cl)ccc6O5)(C3)C4)c2)cc1F. The quantitative estimate of drug-likeness (QED) is 0.504. The number of Topliss-reactive ketones (excluding diaryl/α,β-unsaturated/α-hetero) is 1. The molecule has 0 radical (unpaired) electrons. The number of carbonyl (C=O) groups excluding carboxylic acids is 1. The lowest BCUT2D eigenvalue weighted by Gasteiger charge is -2.71. The van der Waals surface area contributed by atoms with Gasteiger partial charge in [0.2, 0.25) is 0 Å². The van der Waals surface area contributed by atoms with Crippen molar-refractivity contribution in [1.29, 1.82) is 0 Å². The highest BCUT2D eigenvalue weighted by Crippen LogP contribution is 2.73. The molecule has 0 saturated heterocycles. The van der Waals surface area contributed by atoms with Crippen molar-refractivity contribution in [3.8, 4) is 16.9 Å². The van der Waals surface area contributed by atoms with E-state index in [0.29, 0.717) is 28.3 Å². The fourth-order valence-corrected chi connectivity index (χ4v) is 6.31. The maximum Gasteiger partial charge on any atom is 0.173 e. The van der Waals surface area contributed by atoms with Crippen molar-refractivity contribution in [2.45, 2.75) is 56.8 Å². The van der Waals surface area contributed by atoms with Crippen LogP contribution in [0.5, 0.6) is 5.75 Å². The number of ether oxygens (including phenoxy) is 1. The number of aliphatic hydroxyl groups is 1. The molecule has 2 heterocycles.